The molecule has 4 amide bonds. The lowest BCUT2D eigenvalue weighted by Gasteiger charge is -2.22. The third-order valence-electron chi connectivity index (χ3n) is 8.53. The van der Waals surface area contributed by atoms with Crippen LogP contribution in [0.4, 0.5) is 5.69 Å². The average Bonchev–Trinajstić information content (AvgIpc) is 3.53. The van der Waals surface area contributed by atoms with Crippen molar-refractivity contribution in [2.75, 3.05) is 36.5 Å². The van der Waals surface area contributed by atoms with Gasteiger partial charge in [-0.25, -0.2) is 4.79 Å². The van der Waals surface area contributed by atoms with Crippen LogP contribution in [0.25, 0.3) is 10.9 Å². The summed E-state index contributed by atoms with van der Waals surface area (Å²) < 4.78 is 0. The fourth-order valence-electron chi connectivity index (χ4n) is 5.65. The molecule has 15 N–H and O–H groups in total. The fourth-order valence-corrected chi connectivity index (χ4v) is 7.01. The number of nitrogens with one attached hydrogen (secondary N) is 7. The summed E-state index contributed by atoms with van der Waals surface area (Å²) in [6.45, 7) is 0.811. The van der Waals surface area contributed by atoms with Crippen LogP contribution in [-0.2, 0) is 44.8 Å². The summed E-state index contributed by atoms with van der Waals surface area (Å²) in [5.41, 5.74) is 6.51. The van der Waals surface area contributed by atoms with Crippen molar-refractivity contribution >= 4 is 88.5 Å². The first-order chi connectivity index (χ1) is 26.4. The van der Waals surface area contributed by atoms with Crippen molar-refractivity contribution in [2.24, 2.45) is 5.73 Å². The van der Waals surface area contributed by atoms with Crippen molar-refractivity contribution in [2.45, 2.75) is 74.1 Å². The molecule has 22 nitrogen and oxygen atoms in total. The Morgan fingerprint density at radius 3 is 1.96 bits per heavy atom. The Balaban J connectivity index is 1.96. The summed E-state index contributed by atoms with van der Waals surface area (Å²) in [7, 11) is 0. The summed E-state index contributed by atoms with van der Waals surface area (Å²) in [5, 5.41) is 75.3. The largest absolute Gasteiger partial charge is 0.505 e. The Morgan fingerprint density at radius 2 is 1.41 bits per heavy atom. The molecule has 1 aromatic carbocycles. The molecule has 0 saturated heterocycles. The number of fused-ring (bicyclic) bond motifs is 3. The number of nitrogens with two attached hydrogens (primary N) is 1. The van der Waals surface area contributed by atoms with Gasteiger partial charge >= 0.3 is 23.9 Å². The molecule has 5 atom stereocenters. The molecular formula is C32H44N8O14S2. The van der Waals surface area contributed by atoms with Gasteiger partial charge in [0.2, 0.25) is 23.6 Å². The Labute approximate surface area is 327 Å². The van der Waals surface area contributed by atoms with Gasteiger partial charge in [0.25, 0.3) is 0 Å². The minimum absolute atomic E-state index is 0.00837. The lowest BCUT2D eigenvalue weighted by molar-refractivity contribution is -0.139. The number of carbonyl (C=O) groups is 8. The Hall–Kier alpha value is -5.46. The van der Waals surface area contributed by atoms with E-state index in [0.717, 1.165) is 11.8 Å². The molecule has 0 fully saturated rings. The van der Waals surface area contributed by atoms with Crippen LogP contribution in [0.5, 0.6) is 11.5 Å². The van der Waals surface area contributed by atoms with E-state index in [-0.39, 0.29) is 39.8 Å². The number of anilines is 1. The zero-order chi connectivity index (χ0) is 41.9. The molecule has 0 radical (unpaired) electrons. The van der Waals surface area contributed by atoms with E-state index in [1.165, 1.54) is 0 Å². The number of amides is 4. The Bertz CT molecular complexity index is 1860. The van der Waals surface area contributed by atoms with Crippen LogP contribution in [0, 0.1) is 0 Å². The fraction of sp³-hybridized carbons (Fsp3) is 0.500. The molecule has 56 heavy (non-hydrogen) atoms. The third kappa shape index (κ3) is 12.0. The van der Waals surface area contributed by atoms with Crippen LogP contribution in [-0.4, -0.2) is 138 Å². The summed E-state index contributed by atoms with van der Waals surface area (Å²) in [6.07, 6.45) is -1.22. The van der Waals surface area contributed by atoms with E-state index in [2.05, 4.69) is 49.5 Å². The zero-order valence-corrected chi connectivity index (χ0v) is 31.6. The highest BCUT2D eigenvalue weighted by atomic mass is 32.2. The van der Waals surface area contributed by atoms with Gasteiger partial charge in [-0.05, 0) is 38.3 Å². The maximum atomic E-state index is 13.1. The van der Waals surface area contributed by atoms with Crippen molar-refractivity contribution in [3.8, 4) is 11.5 Å². The lowest BCUT2D eigenvalue weighted by Crippen LogP contribution is -2.49. The summed E-state index contributed by atoms with van der Waals surface area (Å²) in [6, 6.07) is -5.94. The van der Waals surface area contributed by atoms with Gasteiger partial charge in [0, 0.05) is 41.5 Å². The molecule has 308 valence electrons. The second kappa shape index (κ2) is 20.5. The van der Waals surface area contributed by atoms with Gasteiger partial charge in [0.05, 0.1) is 10.4 Å². The van der Waals surface area contributed by atoms with Crippen LogP contribution < -0.4 is 37.6 Å². The number of H-pyrrole nitrogens is 1. The minimum atomic E-state index is -1.62. The highest BCUT2D eigenvalue weighted by Crippen LogP contribution is 2.51. The van der Waals surface area contributed by atoms with Gasteiger partial charge in [0.15, 0.2) is 11.5 Å². The molecule has 1 aromatic heterocycles. The SMILES string of the molecule is CC1NCCc2c1[nH]c1c(SCC(NC(=O)CCC(N)C(=O)O)C(=O)NCC(=O)O)c(O)c(NC(CCC(=O)NC(CS)C(=O)NCC(=O)O)C(=O)O)c(O)c21. The molecule has 2 aromatic rings. The molecule has 0 aliphatic carbocycles. The van der Waals surface area contributed by atoms with Gasteiger partial charge in [-0.15, -0.1) is 11.8 Å². The van der Waals surface area contributed by atoms with Crippen molar-refractivity contribution < 1.29 is 69.0 Å². The molecule has 2 heterocycles. The van der Waals surface area contributed by atoms with Crippen LogP contribution in [0.1, 0.15) is 49.9 Å². The molecular weight excluding hydrogens is 785 g/mol. The molecule has 24 heteroatoms. The van der Waals surface area contributed by atoms with Gasteiger partial charge in [-0.3, -0.25) is 33.6 Å². The predicted molar refractivity (Wildman–Crippen MR) is 201 cm³/mol. The van der Waals surface area contributed by atoms with E-state index in [1.807, 2.05) is 6.92 Å². The Morgan fingerprint density at radius 1 is 0.839 bits per heavy atom. The number of carboxylic acid groups (broad SMARTS) is 4. The van der Waals surface area contributed by atoms with Crippen molar-refractivity contribution in [3.63, 3.8) is 0 Å². The number of aromatic nitrogens is 1. The number of thiol groups is 1. The monoisotopic (exact) mass is 828 g/mol. The van der Waals surface area contributed by atoms with Gasteiger partial charge < -0.3 is 73.3 Å². The van der Waals surface area contributed by atoms with Crippen LogP contribution >= 0.6 is 24.4 Å². The first-order valence-corrected chi connectivity index (χ1v) is 18.6. The number of aliphatic carboxylic acids is 4. The number of carboxylic acids is 4. The number of rotatable bonds is 22. The number of phenols is 2. The van der Waals surface area contributed by atoms with E-state index in [4.69, 9.17) is 21.1 Å². The number of benzene rings is 1. The number of carbonyl (C=O) groups excluding carboxylic acids is 4. The van der Waals surface area contributed by atoms with Gasteiger partial charge in [-0.2, -0.15) is 12.6 Å². The molecule has 0 saturated carbocycles. The number of aromatic hydroxyl groups is 2. The first-order valence-electron chi connectivity index (χ1n) is 17.0. The molecule has 3 rings (SSSR count). The highest BCUT2D eigenvalue weighted by molar-refractivity contribution is 7.99. The van der Waals surface area contributed by atoms with Crippen LogP contribution in [0.15, 0.2) is 4.90 Å². The quantitative estimate of drug-likeness (QED) is 0.0347. The lowest BCUT2D eigenvalue weighted by atomic mass is 9.99. The number of hydrogen-bond donors (Lipinski definition) is 15. The van der Waals surface area contributed by atoms with E-state index in [1.54, 1.807) is 0 Å². The number of hydrogen-bond acceptors (Lipinski definition) is 15. The number of aromatic amines is 1. The first kappa shape index (κ1) is 44.9. The van der Waals surface area contributed by atoms with E-state index in [9.17, 15) is 53.7 Å². The average molecular weight is 829 g/mol. The second-order valence-corrected chi connectivity index (χ2v) is 14.0. The van der Waals surface area contributed by atoms with E-state index >= 15 is 0 Å². The van der Waals surface area contributed by atoms with E-state index in [0.29, 0.717) is 24.2 Å². The molecule has 0 spiro atoms. The Kier molecular flexibility index (Phi) is 16.4. The molecule has 1 aliphatic heterocycles. The van der Waals surface area contributed by atoms with Gasteiger partial charge in [-0.1, -0.05) is 0 Å². The van der Waals surface area contributed by atoms with Crippen molar-refractivity contribution in [3.05, 3.63) is 11.3 Å². The zero-order valence-electron chi connectivity index (χ0n) is 29.8. The second-order valence-electron chi connectivity index (χ2n) is 12.6. The number of thioether (sulfide) groups is 1. The maximum Gasteiger partial charge on any atom is 0.326 e. The molecule has 5 unspecified atom stereocenters. The maximum absolute atomic E-state index is 13.1. The summed E-state index contributed by atoms with van der Waals surface area (Å²) in [5.74, 6) is -10.7. The molecule has 0 bridgehead atoms. The van der Waals surface area contributed by atoms with Gasteiger partial charge in [0.1, 0.15) is 42.9 Å². The van der Waals surface area contributed by atoms with E-state index < -0.39 is 121 Å². The van der Waals surface area contributed by atoms with Crippen LogP contribution in [0.3, 0.4) is 0 Å². The number of phenolic OH excluding ortho intramolecular Hbond substituents is 2. The topological polar surface area (TPSA) is 372 Å². The normalized spacial score (nSPS) is 15.7. The van der Waals surface area contributed by atoms with Crippen LogP contribution in [0.2, 0.25) is 0 Å². The standard InChI is InChI=1S/C32H44N8O14S2/c1-12-23-13(6-7-34-12)22-24(40-23)28(56-11-17(30(50)36-9-21(45)46)38-18(41)4-2-14(33)31(51)52)27(48)25(26(22)47)39-15(32(53)54)3-5-19(42)37-16(10-55)29(49)35-8-20(43)44/h12,14-17,34,39-40,47-48,55H,2-11,33H2,1H3,(H,35,49)(H,36,50)(H,37,42)(H,38,41)(H,43,44)(H,45,46)(H,51,52)(H,53,54). The minimum Gasteiger partial charge on any atom is -0.505 e. The van der Waals surface area contributed by atoms with Crippen molar-refractivity contribution in [1.82, 2.24) is 31.6 Å². The third-order valence-corrected chi connectivity index (χ3v) is 10.1. The summed E-state index contributed by atoms with van der Waals surface area (Å²) >= 11 is 4.78. The molecule has 1 aliphatic rings. The highest BCUT2D eigenvalue weighted by Gasteiger charge is 2.32. The summed E-state index contributed by atoms with van der Waals surface area (Å²) in [4.78, 5) is 99.4. The van der Waals surface area contributed by atoms with Crippen molar-refractivity contribution in [1.29, 1.82) is 0 Å². The predicted octanol–water partition coefficient (Wildman–Crippen LogP) is -1.98. The smallest absolute Gasteiger partial charge is 0.326 e.